The molecule has 0 aliphatic carbocycles. The maximum absolute atomic E-state index is 4.31. The molecule has 0 atom stereocenters. The van der Waals surface area contributed by atoms with E-state index >= 15 is 0 Å². The van der Waals surface area contributed by atoms with Crippen molar-refractivity contribution in [2.45, 2.75) is 19.6 Å². The first kappa shape index (κ1) is 10.2. The smallest absolute Gasteiger partial charge is 0.127 e. The zero-order chi connectivity index (χ0) is 9.90. The van der Waals surface area contributed by atoms with Crippen molar-refractivity contribution in [3.05, 3.63) is 24.4 Å². The van der Waals surface area contributed by atoms with Crippen LogP contribution in [-0.4, -0.2) is 26.3 Å². The maximum Gasteiger partial charge on any atom is 0.127 e. The molecular formula is C10H18N2Si. The van der Waals surface area contributed by atoms with Crippen molar-refractivity contribution in [1.82, 2.24) is 4.98 Å². The third-order valence-electron chi connectivity index (χ3n) is 1.75. The Morgan fingerprint density at radius 3 is 2.46 bits per heavy atom. The predicted octanol–water partition coefficient (Wildman–Crippen LogP) is 2.40. The molecule has 0 radical (unpaired) electrons. The first-order valence-electron chi connectivity index (χ1n) is 4.61. The molecule has 13 heavy (non-hydrogen) atoms. The second-order valence-corrected chi connectivity index (χ2v) is 10.0. The summed E-state index contributed by atoms with van der Waals surface area (Å²) in [6.45, 7) is 7.10. The van der Waals surface area contributed by atoms with Gasteiger partial charge in [0.25, 0.3) is 0 Å². The van der Waals surface area contributed by atoms with Crippen LogP contribution in [0.2, 0.25) is 19.6 Å². The van der Waals surface area contributed by atoms with Crippen LogP contribution in [0.1, 0.15) is 0 Å². The Morgan fingerprint density at radius 2 is 2.00 bits per heavy atom. The quantitative estimate of drug-likeness (QED) is 0.687. The van der Waals surface area contributed by atoms with Gasteiger partial charge in [0.15, 0.2) is 0 Å². The third kappa shape index (κ3) is 3.59. The summed E-state index contributed by atoms with van der Waals surface area (Å²) in [7, 11) is 1.09. The van der Waals surface area contributed by atoms with E-state index in [1.165, 1.54) is 0 Å². The van der Waals surface area contributed by atoms with Crippen LogP contribution >= 0.6 is 0 Å². The van der Waals surface area contributed by atoms with Gasteiger partial charge in [-0.3, -0.25) is 0 Å². The zero-order valence-corrected chi connectivity index (χ0v) is 9.91. The van der Waals surface area contributed by atoms with Gasteiger partial charge in [0.2, 0.25) is 0 Å². The molecule has 0 unspecified atom stereocenters. The van der Waals surface area contributed by atoms with Crippen LogP contribution < -0.4 is 4.90 Å². The Bertz CT molecular complexity index is 253. The van der Waals surface area contributed by atoms with Crippen molar-refractivity contribution >= 4 is 13.9 Å². The van der Waals surface area contributed by atoms with Gasteiger partial charge in [-0.1, -0.05) is 25.7 Å². The molecule has 0 spiro atoms. The maximum atomic E-state index is 4.31. The lowest BCUT2D eigenvalue weighted by Crippen LogP contribution is -2.38. The number of aromatic nitrogens is 1. The standard InChI is InChI=1S/C10H18N2Si/c1-12(9-13(2,3)4)10-7-5-6-8-11-10/h5-8H,9H2,1-4H3. The fourth-order valence-electron chi connectivity index (χ4n) is 1.37. The van der Waals surface area contributed by atoms with E-state index in [4.69, 9.17) is 0 Å². The zero-order valence-electron chi connectivity index (χ0n) is 8.91. The van der Waals surface area contributed by atoms with Crippen LogP contribution in [0, 0.1) is 0 Å². The highest BCUT2D eigenvalue weighted by Crippen LogP contribution is 2.10. The molecule has 1 aromatic rings. The first-order valence-corrected chi connectivity index (χ1v) is 8.32. The van der Waals surface area contributed by atoms with E-state index in [1.54, 1.807) is 0 Å². The van der Waals surface area contributed by atoms with Gasteiger partial charge in [0.05, 0.1) is 8.07 Å². The molecule has 3 heteroatoms. The molecule has 0 amide bonds. The summed E-state index contributed by atoms with van der Waals surface area (Å²) < 4.78 is 0. The van der Waals surface area contributed by atoms with E-state index in [-0.39, 0.29) is 0 Å². The van der Waals surface area contributed by atoms with Crippen LogP contribution in [0.15, 0.2) is 24.4 Å². The Kier molecular flexibility index (Phi) is 3.09. The van der Waals surface area contributed by atoms with Crippen LogP contribution in [-0.2, 0) is 0 Å². The molecule has 0 aromatic carbocycles. The van der Waals surface area contributed by atoms with E-state index in [0.717, 1.165) is 12.0 Å². The number of rotatable bonds is 3. The number of pyridine rings is 1. The molecule has 0 saturated heterocycles. The van der Waals surface area contributed by atoms with Crippen LogP contribution in [0.25, 0.3) is 0 Å². The van der Waals surface area contributed by atoms with Crippen LogP contribution in [0.4, 0.5) is 5.82 Å². The van der Waals surface area contributed by atoms with Crippen LogP contribution in [0.3, 0.4) is 0 Å². The SMILES string of the molecule is CN(C[Si](C)(C)C)c1ccccn1. The van der Waals surface area contributed by atoms with E-state index in [0.29, 0.717) is 0 Å². The van der Waals surface area contributed by atoms with Gasteiger partial charge < -0.3 is 4.90 Å². The van der Waals surface area contributed by atoms with Gasteiger partial charge in [-0.2, -0.15) is 0 Å². The van der Waals surface area contributed by atoms with E-state index in [9.17, 15) is 0 Å². The second kappa shape index (κ2) is 3.92. The fourth-order valence-corrected chi connectivity index (χ4v) is 2.96. The molecular weight excluding hydrogens is 176 g/mol. The van der Waals surface area contributed by atoms with Crippen molar-refractivity contribution < 1.29 is 0 Å². The Labute approximate surface area is 81.6 Å². The first-order chi connectivity index (χ1) is 5.99. The topological polar surface area (TPSA) is 16.1 Å². The molecule has 0 aliphatic heterocycles. The molecule has 0 saturated carbocycles. The minimum absolute atomic E-state index is 1.02. The van der Waals surface area contributed by atoms with Gasteiger partial charge in [-0.05, 0) is 12.1 Å². The van der Waals surface area contributed by atoms with Gasteiger partial charge in [-0.25, -0.2) is 4.98 Å². The normalized spacial score (nSPS) is 11.4. The summed E-state index contributed by atoms with van der Waals surface area (Å²) in [4.78, 5) is 6.55. The van der Waals surface area contributed by atoms with Crippen molar-refractivity contribution in [3.63, 3.8) is 0 Å². The minimum Gasteiger partial charge on any atom is -0.363 e. The number of hydrogen-bond acceptors (Lipinski definition) is 2. The lowest BCUT2D eigenvalue weighted by molar-refractivity contribution is 1.01. The predicted molar refractivity (Wildman–Crippen MR) is 60.9 cm³/mol. The fraction of sp³-hybridized carbons (Fsp3) is 0.500. The molecule has 72 valence electrons. The second-order valence-electron chi connectivity index (χ2n) is 4.60. The lowest BCUT2D eigenvalue weighted by Gasteiger charge is -2.25. The number of nitrogens with zero attached hydrogens (tertiary/aromatic N) is 2. The molecule has 0 bridgehead atoms. The minimum atomic E-state index is -1.02. The van der Waals surface area contributed by atoms with Gasteiger partial charge in [0.1, 0.15) is 5.82 Å². The third-order valence-corrected chi connectivity index (χ3v) is 3.17. The monoisotopic (exact) mass is 194 g/mol. The summed E-state index contributed by atoms with van der Waals surface area (Å²) in [6, 6.07) is 6.04. The average Bonchev–Trinajstić information content (AvgIpc) is 2.03. The molecule has 1 aromatic heterocycles. The van der Waals surface area contributed by atoms with Crippen molar-refractivity contribution in [3.8, 4) is 0 Å². The highest BCUT2D eigenvalue weighted by Gasteiger charge is 2.16. The summed E-state index contributed by atoms with van der Waals surface area (Å²) in [5.74, 6) is 1.07. The molecule has 0 N–H and O–H groups in total. The van der Waals surface area contributed by atoms with E-state index < -0.39 is 8.07 Å². The van der Waals surface area contributed by atoms with E-state index in [1.807, 2.05) is 18.3 Å². The molecule has 0 fully saturated rings. The van der Waals surface area contributed by atoms with Crippen LogP contribution in [0.5, 0.6) is 0 Å². The summed E-state index contributed by atoms with van der Waals surface area (Å²) >= 11 is 0. The molecule has 2 nitrogen and oxygen atoms in total. The van der Waals surface area contributed by atoms with E-state index in [2.05, 4.69) is 42.6 Å². The molecule has 1 rings (SSSR count). The van der Waals surface area contributed by atoms with Gasteiger partial charge >= 0.3 is 0 Å². The largest absolute Gasteiger partial charge is 0.363 e. The highest BCUT2D eigenvalue weighted by atomic mass is 28.3. The number of anilines is 1. The number of hydrogen-bond donors (Lipinski definition) is 0. The molecule has 1 heterocycles. The van der Waals surface area contributed by atoms with Crippen molar-refractivity contribution in [2.24, 2.45) is 0 Å². The molecule has 0 aliphatic rings. The summed E-state index contributed by atoms with van der Waals surface area (Å²) in [5.41, 5.74) is 0. The highest BCUT2D eigenvalue weighted by molar-refractivity contribution is 6.76. The van der Waals surface area contributed by atoms with Gasteiger partial charge in [0, 0.05) is 19.4 Å². The summed E-state index contributed by atoms with van der Waals surface area (Å²) in [6.07, 6.45) is 3.00. The van der Waals surface area contributed by atoms with Crippen molar-refractivity contribution in [2.75, 3.05) is 18.1 Å². The lowest BCUT2D eigenvalue weighted by atomic mass is 10.4. The Balaban J connectivity index is 2.64. The summed E-state index contributed by atoms with van der Waals surface area (Å²) in [5, 5.41) is 0. The Morgan fingerprint density at radius 1 is 1.31 bits per heavy atom. The Hall–Kier alpha value is -0.833. The van der Waals surface area contributed by atoms with Gasteiger partial charge in [-0.15, -0.1) is 0 Å². The van der Waals surface area contributed by atoms with Crippen molar-refractivity contribution in [1.29, 1.82) is 0 Å². The average molecular weight is 194 g/mol.